The molecule has 0 radical (unpaired) electrons. The molecule has 130 valence electrons. The van der Waals surface area contributed by atoms with Gasteiger partial charge >= 0.3 is 0 Å². The highest BCUT2D eigenvalue weighted by Gasteiger charge is 2.41. The molecule has 2 aliphatic heterocycles. The van der Waals surface area contributed by atoms with Crippen molar-refractivity contribution in [2.24, 2.45) is 5.41 Å². The quantitative estimate of drug-likeness (QED) is 0.849. The molecule has 0 aromatic carbocycles. The standard InChI is InChI=1S/C19H26N2O2S/c1-16-4-5-17(23-16)11-21-8-9-22-15-19(14-21)6-7-20(13-19)12-18-3-2-10-24-18/h2-5,10H,6-9,11-15H2,1H3. The van der Waals surface area contributed by atoms with E-state index in [-0.39, 0.29) is 5.41 Å². The van der Waals surface area contributed by atoms with Crippen LogP contribution in [0, 0.1) is 12.3 Å². The minimum atomic E-state index is 0.273. The third-order valence-electron chi connectivity index (χ3n) is 5.17. The Hall–Kier alpha value is -1.14. The van der Waals surface area contributed by atoms with E-state index in [9.17, 15) is 0 Å². The number of hydrogen-bond donors (Lipinski definition) is 0. The Kier molecular flexibility index (Phi) is 4.77. The number of nitrogens with zero attached hydrogens (tertiary/aromatic N) is 2. The fourth-order valence-corrected chi connectivity index (χ4v) is 4.79. The summed E-state index contributed by atoms with van der Waals surface area (Å²) in [6.07, 6.45) is 1.23. The smallest absolute Gasteiger partial charge is 0.118 e. The van der Waals surface area contributed by atoms with Crippen LogP contribution in [0.4, 0.5) is 0 Å². The van der Waals surface area contributed by atoms with Crippen LogP contribution in [0.15, 0.2) is 34.1 Å². The Morgan fingerprint density at radius 3 is 2.75 bits per heavy atom. The van der Waals surface area contributed by atoms with Gasteiger partial charge in [-0.05, 0) is 43.5 Å². The zero-order valence-corrected chi connectivity index (χ0v) is 15.2. The SMILES string of the molecule is Cc1ccc(CN2CCOCC3(CCN(Cc4cccs4)C3)C2)o1. The number of hydrogen-bond acceptors (Lipinski definition) is 5. The fraction of sp³-hybridized carbons (Fsp3) is 0.579. The molecule has 2 aromatic heterocycles. The average Bonchev–Trinajstić information content (AvgIpc) is 3.25. The van der Waals surface area contributed by atoms with Crippen LogP contribution in [0.25, 0.3) is 0 Å². The van der Waals surface area contributed by atoms with E-state index in [1.54, 1.807) is 0 Å². The van der Waals surface area contributed by atoms with E-state index in [1.165, 1.54) is 17.8 Å². The van der Waals surface area contributed by atoms with E-state index in [0.29, 0.717) is 0 Å². The van der Waals surface area contributed by atoms with Gasteiger partial charge in [0.05, 0.1) is 19.8 Å². The van der Waals surface area contributed by atoms with Crippen LogP contribution in [0.2, 0.25) is 0 Å². The molecule has 4 heterocycles. The Balaban J connectivity index is 1.40. The summed E-state index contributed by atoms with van der Waals surface area (Å²) in [5.74, 6) is 2.06. The van der Waals surface area contributed by atoms with Crippen LogP contribution >= 0.6 is 11.3 Å². The molecule has 4 nitrogen and oxygen atoms in total. The lowest BCUT2D eigenvalue weighted by Gasteiger charge is -2.31. The molecule has 0 aliphatic carbocycles. The molecule has 0 N–H and O–H groups in total. The van der Waals surface area contributed by atoms with Crippen molar-refractivity contribution in [1.29, 1.82) is 0 Å². The maximum atomic E-state index is 5.99. The molecule has 2 aromatic rings. The monoisotopic (exact) mass is 346 g/mol. The highest BCUT2D eigenvalue weighted by Crippen LogP contribution is 2.35. The van der Waals surface area contributed by atoms with Crippen molar-refractivity contribution >= 4 is 11.3 Å². The highest BCUT2D eigenvalue weighted by atomic mass is 32.1. The van der Waals surface area contributed by atoms with Gasteiger partial charge in [0.1, 0.15) is 11.5 Å². The topological polar surface area (TPSA) is 28.9 Å². The second-order valence-corrected chi connectivity index (χ2v) is 8.35. The van der Waals surface area contributed by atoms with Crippen molar-refractivity contribution in [2.45, 2.75) is 26.4 Å². The van der Waals surface area contributed by atoms with Crippen LogP contribution in [0.3, 0.4) is 0 Å². The molecule has 1 spiro atoms. The molecule has 0 bridgehead atoms. The molecule has 2 saturated heterocycles. The summed E-state index contributed by atoms with van der Waals surface area (Å²) in [5, 5.41) is 2.17. The van der Waals surface area contributed by atoms with E-state index in [2.05, 4.69) is 39.4 Å². The molecule has 1 unspecified atom stereocenters. The van der Waals surface area contributed by atoms with E-state index in [0.717, 1.165) is 57.5 Å². The number of likely N-dealkylation sites (tertiary alicyclic amines) is 1. The zero-order chi connectivity index (χ0) is 16.4. The van der Waals surface area contributed by atoms with Gasteiger partial charge in [0.15, 0.2) is 0 Å². The van der Waals surface area contributed by atoms with Gasteiger partial charge in [0.2, 0.25) is 0 Å². The number of thiophene rings is 1. The van der Waals surface area contributed by atoms with Crippen molar-refractivity contribution in [3.8, 4) is 0 Å². The first-order valence-electron chi connectivity index (χ1n) is 8.81. The Labute approximate surface area is 148 Å². The highest BCUT2D eigenvalue weighted by molar-refractivity contribution is 7.09. The maximum absolute atomic E-state index is 5.99. The molecule has 2 aliphatic rings. The van der Waals surface area contributed by atoms with Gasteiger partial charge < -0.3 is 9.15 Å². The average molecular weight is 346 g/mol. The normalized spacial score (nSPS) is 26.2. The largest absolute Gasteiger partial charge is 0.465 e. The van der Waals surface area contributed by atoms with Gasteiger partial charge in [-0.25, -0.2) is 0 Å². The fourth-order valence-electron chi connectivity index (χ4n) is 4.04. The molecule has 1 atom stereocenters. The van der Waals surface area contributed by atoms with Crippen molar-refractivity contribution in [2.75, 3.05) is 39.4 Å². The van der Waals surface area contributed by atoms with Crippen LogP contribution in [0.1, 0.15) is 22.8 Å². The van der Waals surface area contributed by atoms with Gasteiger partial charge in [-0.2, -0.15) is 0 Å². The van der Waals surface area contributed by atoms with Gasteiger partial charge in [0.25, 0.3) is 0 Å². The summed E-state index contributed by atoms with van der Waals surface area (Å²) in [6.45, 7) is 10.1. The van der Waals surface area contributed by atoms with Crippen molar-refractivity contribution < 1.29 is 9.15 Å². The molecule has 0 amide bonds. The maximum Gasteiger partial charge on any atom is 0.118 e. The lowest BCUT2D eigenvalue weighted by molar-refractivity contribution is 0.0705. The van der Waals surface area contributed by atoms with Gasteiger partial charge in [0, 0.05) is 36.5 Å². The first-order valence-corrected chi connectivity index (χ1v) is 9.69. The number of aryl methyl sites for hydroxylation is 1. The predicted molar refractivity (Wildman–Crippen MR) is 96.2 cm³/mol. The first-order chi connectivity index (χ1) is 11.7. The summed E-state index contributed by atoms with van der Waals surface area (Å²) in [4.78, 5) is 6.57. The molecule has 24 heavy (non-hydrogen) atoms. The van der Waals surface area contributed by atoms with Crippen molar-refractivity contribution in [1.82, 2.24) is 9.80 Å². The zero-order valence-electron chi connectivity index (χ0n) is 14.4. The second kappa shape index (κ2) is 7.00. The van der Waals surface area contributed by atoms with Crippen molar-refractivity contribution in [3.05, 3.63) is 46.0 Å². The molecule has 5 heteroatoms. The first kappa shape index (κ1) is 16.3. The lowest BCUT2D eigenvalue weighted by atomic mass is 9.87. The molecule has 0 saturated carbocycles. The summed E-state index contributed by atoms with van der Waals surface area (Å²) in [6, 6.07) is 8.54. The van der Waals surface area contributed by atoms with Crippen LogP contribution < -0.4 is 0 Å². The molecular formula is C19H26N2O2S. The minimum Gasteiger partial charge on any atom is -0.465 e. The van der Waals surface area contributed by atoms with Crippen LogP contribution in [-0.4, -0.2) is 49.2 Å². The number of furan rings is 1. The predicted octanol–water partition coefficient (Wildman–Crippen LogP) is 3.37. The lowest BCUT2D eigenvalue weighted by Crippen LogP contribution is -2.40. The van der Waals surface area contributed by atoms with E-state index >= 15 is 0 Å². The van der Waals surface area contributed by atoms with E-state index in [4.69, 9.17) is 9.15 Å². The summed E-state index contributed by atoms with van der Waals surface area (Å²) in [5.41, 5.74) is 0.273. The summed E-state index contributed by atoms with van der Waals surface area (Å²) >= 11 is 1.86. The van der Waals surface area contributed by atoms with Gasteiger partial charge in [-0.1, -0.05) is 6.07 Å². The van der Waals surface area contributed by atoms with Crippen LogP contribution in [0.5, 0.6) is 0 Å². The third kappa shape index (κ3) is 3.75. The second-order valence-electron chi connectivity index (χ2n) is 7.32. The number of rotatable bonds is 4. The van der Waals surface area contributed by atoms with Gasteiger partial charge in [-0.15, -0.1) is 11.3 Å². The third-order valence-corrected chi connectivity index (χ3v) is 6.03. The number of ether oxygens (including phenoxy) is 1. The van der Waals surface area contributed by atoms with Crippen molar-refractivity contribution in [3.63, 3.8) is 0 Å². The minimum absolute atomic E-state index is 0.273. The van der Waals surface area contributed by atoms with E-state index < -0.39 is 0 Å². The Bertz CT molecular complexity index is 654. The Morgan fingerprint density at radius 1 is 1.12 bits per heavy atom. The van der Waals surface area contributed by atoms with E-state index in [1.807, 2.05) is 18.3 Å². The van der Waals surface area contributed by atoms with Gasteiger partial charge in [-0.3, -0.25) is 9.80 Å². The van der Waals surface area contributed by atoms with Crippen LogP contribution in [-0.2, 0) is 17.8 Å². The molecule has 4 rings (SSSR count). The molecular weight excluding hydrogens is 320 g/mol. The summed E-state index contributed by atoms with van der Waals surface area (Å²) in [7, 11) is 0. The molecule has 2 fully saturated rings. The Morgan fingerprint density at radius 2 is 2.00 bits per heavy atom. The summed E-state index contributed by atoms with van der Waals surface area (Å²) < 4.78 is 11.8.